The summed E-state index contributed by atoms with van der Waals surface area (Å²) in [6.07, 6.45) is 7.19. The second-order valence-electron chi connectivity index (χ2n) is 5.91. The van der Waals surface area contributed by atoms with Crippen LogP contribution in [-0.2, 0) is 14.8 Å². The zero-order valence-electron chi connectivity index (χ0n) is 14.1. The van der Waals surface area contributed by atoms with E-state index in [4.69, 9.17) is 4.74 Å². The number of benzene rings is 1. The second kappa shape index (κ2) is 8.30. The van der Waals surface area contributed by atoms with Crippen LogP contribution >= 0.6 is 0 Å². The minimum atomic E-state index is -3.25. The molecular formula is C17H24N2O4S. The van der Waals surface area contributed by atoms with Gasteiger partial charge in [-0.05, 0) is 43.0 Å². The summed E-state index contributed by atoms with van der Waals surface area (Å²) < 4.78 is 30.2. The van der Waals surface area contributed by atoms with Gasteiger partial charge in [0.2, 0.25) is 15.9 Å². The van der Waals surface area contributed by atoms with Gasteiger partial charge in [0.05, 0.1) is 13.4 Å². The van der Waals surface area contributed by atoms with Crippen molar-refractivity contribution in [1.29, 1.82) is 0 Å². The molecule has 24 heavy (non-hydrogen) atoms. The number of amides is 1. The van der Waals surface area contributed by atoms with E-state index in [1.54, 1.807) is 24.2 Å². The predicted octanol–water partition coefficient (Wildman–Crippen LogP) is 1.64. The summed E-state index contributed by atoms with van der Waals surface area (Å²) in [5.41, 5.74) is 0.909. The molecular weight excluding hydrogens is 328 g/mol. The highest BCUT2D eigenvalue weighted by Gasteiger charge is 2.25. The third kappa shape index (κ3) is 5.65. The Labute approximate surface area is 143 Å². The average Bonchev–Trinajstić information content (AvgIpc) is 2.58. The Balaban J connectivity index is 2.00. The first-order valence-electron chi connectivity index (χ1n) is 7.96. The van der Waals surface area contributed by atoms with E-state index in [1.807, 2.05) is 24.3 Å². The van der Waals surface area contributed by atoms with Gasteiger partial charge in [-0.1, -0.05) is 12.1 Å². The number of ether oxygens (including phenoxy) is 1. The van der Waals surface area contributed by atoms with Crippen molar-refractivity contribution < 1.29 is 17.9 Å². The Hall–Kier alpha value is -1.86. The lowest BCUT2D eigenvalue weighted by atomic mass is 10.0. The Morgan fingerprint density at radius 1 is 1.33 bits per heavy atom. The van der Waals surface area contributed by atoms with Crippen molar-refractivity contribution in [3.05, 3.63) is 35.9 Å². The summed E-state index contributed by atoms with van der Waals surface area (Å²) in [6, 6.07) is 7.33. The van der Waals surface area contributed by atoms with E-state index in [1.165, 1.54) is 0 Å². The first-order valence-corrected chi connectivity index (χ1v) is 9.85. The smallest absolute Gasteiger partial charge is 0.246 e. The molecule has 1 atom stereocenters. The molecule has 0 bridgehead atoms. The summed E-state index contributed by atoms with van der Waals surface area (Å²) in [6.45, 7) is 0.919. The van der Waals surface area contributed by atoms with Crippen LogP contribution in [0.5, 0.6) is 5.75 Å². The minimum absolute atomic E-state index is 0.0918. The van der Waals surface area contributed by atoms with Gasteiger partial charge in [-0.25, -0.2) is 13.1 Å². The van der Waals surface area contributed by atoms with Gasteiger partial charge in [-0.3, -0.25) is 4.79 Å². The van der Waals surface area contributed by atoms with Crippen LogP contribution in [0.3, 0.4) is 0 Å². The van der Waals surface area contributed by atoms with Gasteiger partial charge in [0, 0.05) is 25.2 Å². The SMILES string of the molecule is COc1ccc(/C=C/C(=O)N2CCCCC2CNS(C)(=O)=O)cc1. The van der Waals surface area contributed by atoms with Crippen LogP contribution in [0.25, 0.3) is 6.08 Å². The highest BCUT2D eigenvalue weighted by Crippen LogP contribution is 2.18. The van der Waals surface area contributed by atoms with Crippen molar-refractivity contribution in [3.63, 3.8) is 0 Å². The molecule has 1 fully saturated rings. The molecule has 2 rings (SSSR count). The summed E-state index contributed by atoms with van der Waals surface area (Å²) in [4.78, 5) is 14.2. The number of nitrogens with one attached hydrogen (secondary N) is 1. The summed E-state index contributed by atoms with van der Waals surface area (Å²) >= 11 is 0. The molecule has 1 N–H and O–H groups in total. The zero-order chi connectivity index (χ0) is 17.6. The number of hydrogen-bond donors (Lipinski definition) is 1. The van der Waals surface area contributed by atoms with Gasteiger partial charge in [-0.15, -0.1) is 0 Å². The molecule has 1 aromatic rings. The summed E-state index contributed by atoms with van der Waals surface area (Å²) in [7, 11) is -1.65. The molecule has 1 aromatic carbocycles. The van der Waals surface area contributed by atoms with E-state index in [2.05, 4.69) is 4.72 Å². The van der Waals surface area contributed by atoms with Crippen LogP contribution in [0.2, 0.25) is 0 Å². The van der Waals surface area contributed by atoms with Crippen molar-refractivity contribution in [1.82, 2.24) is 9.62 Å². The number of likely N-dealkylation sites (tertiary alicyclic amines) is 1. The van der Waals surface area contributed by atoms with Crippen molar-refractivity contribution in [2.75, 3.05) is 26.5 Å². The molecule has 1 amide bonds. The molecule has 1 saturated heterocycles. The third-order valence-electron chi connectivity index (χ3n) is 4.03. The van der Waals surface area contributed by atoms with Crippen LogP contribution in [0.4, 0.5) is 0 Å². The maximum atomic E-state index is 12.5. The van der Waals surface area contributed by atoms with Gasteiger partial charge in [0.1, 0.15) is 5.75 Å². The maximum absolute atomic E-state index is 12.5. The fourth-order valence-electron chi connectivity index (χ4n) is 2.73. The van der Waals surface area contributed by atoms with E-state index < -0.39 is 10.0 Å². The highest BCUT2D eigenvalue weighted by atomic mass is 32.2. The highest BCUT2D eigenvalue weighted by molar-refractivity contribution is 7.88. The second-order valence-corrected chi connectivity index (χ2v) is 7.74. The first-order chi connectivity index (χ1) is 11.4. The van der Waals surface area contributed by atoms with E-state index in [-0.39, 0.29) is 18.5 Å². The lowest BCUT2D eigenvalue weighted by Crippen LogP contribution is -2.48. The summed E-state index contributed by atoms with van der Waals surface area (Å²) in [5.74, 6) is 0.673. The Bertz CT molecular complexity index is 683. The molecule has 7 heteroatoms. The first kappa shape index (κ1) is 18.5. The third-order valence-corrected chi connectivity index (χ3v) is 4.72. The van der Waals surface area contributed by atoms with E-state index in [0.29, 0.717) is 6.54 Å². The monoisotopic (exact) mass is 352 g/mol. The van der Waals surface area contributed by atoms with Gasteiger partial charge >= 0.3 is 0 Å². The lowest BCUT2D eigenvalue weighted by Gasteiger charge is -2.35. The van der Waals surface area contributed by atoms with Crippen molar-refractivity contribution in [3.8, 4) is 5.75 Å². The number of methoxy groups -OCH3 is 1. The van der Waals surface area contributed by atoms with Crippen molar-refractivity contribution in [2.45, 2.75) is 25.3 Å². The fourth-order valence-corrected chi connectivity index (χ4v) is 3.22. The average molecular weight is 352 g/mol. The topological polar surface area (TPSA) is 75.7 Å². The van der Waals surface area contributed by atoms with Gasteiger partial charge < -0.3 is 9.64 Å². The molecule has 0 aliphatic carbocycles. The molecule has 0 aromatic heterocycles. The zero-order valence-corrected chi connectivity index (χ0v) is 14.9. The number of carbonyl (C=O) groups excluding carboxylic acids is 1. The van der Waals surface area contributed by atoms with Crippen LogP contribution in [-0.4, -0.2) is 51.7 Å². The number of rotatable bonds is 6. The van der Waals surface area contributed by atoms with Crippen LogP contribution in [0.1, 0.15) is 24.8 Å². The molecule has 1 aliphatic heterocycles. The quantitative estimate of drug-likeness (QED) is 0.790. The number of sulfonamides is 1. The van der Waals surface area contributed by atoms with Crippen LogP contribution < -0.4 is 9.46 Å². The van der Waals surface area contributed by atoms with Crippen molar-refractivity contribution in [2.24, 2.45) is 0 Å². The lowest BCUT2D eigenvalue weighted by molar-refractivity contribution is -0.129. The van der Waals surface area contributed by atoms with Crippen molar-refractivity contribution >= 4 is 22.0 Å². The molecule has 1 aliphatic rings. The fraction of sp³-hybridized carbons (Fsp3) is 0.471. The molecule has 0 spiro atoms. The number of carbonyl (C=O) groups is 1. The minimum Gasteiger partial charge on any atom is -0.497 e. The number of hydrogen-bond acceptors (Lipinski definition) is 4. The Kier molecular flexibility index (Phi) is 6.39. The maximum Gasteiger partial charge on any atom is 0.246 e. The Morgan fingerprint density at radius 3 is 2.67 bits per heavy atom. The molecule has 0 radical (unpaired) electrons. The normalized spacial score (nSPS) is 18.8. The van der Waals surface area contributed by atoms with Gasteiger partial charge in [-0.2, -0.15) is 0 Å². The molecule has 0 saturated carbocycles. The van der Waals surface area contributed by atoms with Crippen LogP contribution in [0.15, 0.2) is 30.3 Å². The molecule has 132 valence electrons. The Morgan fingerprint density at radius 2 is 2.04 bits per heavy atom. The van der Waals surface area contributed by atoms with Crippen LogP contribution in [0, 0.1) is 0 Å². The predicted molar refractivity (Wildman–Crippen MR) is 94.2 cm³/mol. The standard InChI is InChI=1S/C17H24N2O4S/c1-23-16-9-6-14(7-10-16)8-11-17(20)19-12-4-3-5-15(19)13-18-24(2,21)22/h6-11,15,18H,3-5,12-13H2,1-2H3/b11-8+. The largest absolute Gasteiger partial charge is 0.497 e. The number of nitrogens with zero attached hydrogens (tertiary/aromatic N) is 1. The van der Waals surface area contributed by atoms with E-state index in [0.717, 1.165) is 36.8 Å². The van der Waals surface area contributed by atoms with E-state index in [9.17, 15) is 13.2 Å². The molecule has 6 nitrogen and oxygen atoms in total. The molecule has 1 heterocycles. The van der Waals surface area contributed by atoms with Gasteiger partial charge in [0.25, 0.3) is 0 Å². The van der Waals surface area contributed by atoms with E-state index >= 15 is 0 Å². The summed E-state index contributed by atoms with van der Waals surface area (Å²) in [5, 5.41) is 0. The van der Waals surface area contributed by atoms with Gasteiger partial charge in [0.15, 0.2) is 0 Å². The number of piperidine rings is 1. The molecule has 1 unspecified atom stereocenters.